The first-order valence-electron chi connectivity index (χ1n) is 4.70. The number of rotatable bonds is 5. The fraction of sp³-hybridized carbons (Fsp3) is 0.600. The van der Waals surface area contributed by atoms with Gasteiger partial charge in [0.15, 0.2) is 0 Å². The van der Waals surface area contributed by atoms with Crippen LogP contribution in [0.1, 0.15) is 30.5 Å². The van der Waals surface area contributed by atoms with Gasteiger partial charge in [0.05, 0.1) is 11.8 Å². The zero-order valence-electron chi connectivity index (χ0n) is 8.60. The molecule has 4 heteroatoms. The molecule has 1 aromatic rings. The monoisotopic (exact) mass is 196 g/mol. The van der Waals surface area contributed by atoms with Gasteiger partial charge in [-0.1, -0.05) is 0 Å². The zero-order chi connectivity index (χ0) is 10.4. The molecule has 0 saturated carbocycles. The van der Waals surface area contributed by atoms with Crippen molar-refractivity contribution < 1.29 is 9.84 Å². The second-order valence-corrected chi connectivity index (χ2v) is 3.18. The average molecular weight is 196 g/mol. The smallest absolute Gasteiger partial charge is 0.125 e. The number of aryl methyl sites for hydroxylation is 1. The van der Waals surface area contributed by atoms with Crippen molar-refractivity contribution in [2.75, 3.05) is 13.7 Å². The second-order valence-electron chi connectivity index (χ2n) is 3.18. The van der Waals surface area contributed by atoms with Crippen LogP contribution in [-0.4, -0.2) is 28.8 Å². The lowest BCUT2D eigenvalue weighted by molar-refractivity contribution is 0.133. The first-order chi connectivity index (χ1) is 6.74. The van der Waals surface area contributed by atoms with Crippen LogP contribution in [0.4, 0.5) is 0 Å². The Morgan fingerprint density at radius 3 is 3.00 bits per heavy atom. The quantitative estimate of drug-likeness (QED) is 0.720. The van der Waals surface area contributed by atoms with E-state index in [9.17, 15) is 5.11 Å². The molecule has 1 atom stereocenters. The van der Waals surface area contributed by atoms with Crippen molar-refractivity contribution in [1.82, 2.24) is 9.97 Å². The second kappa shape index (κ2) is 5.67. The average Bonchev–Trinajstić information content (AvgIpc) is 2.18. The third-order valence-electron chi connectivity index (χ3n) is 1.97. The van der Waals surface area contributed by atoms with E-state index in [0.717, 1.165) is 6.42 Å². The number of ether oxygens (including phenoxy) is 1. The van der Waals surface area contributed by atoms with Gasteiger partial charge in [-0.2, -0.15) is 0 Å². The van der Waals surface area contributed by atoms with E-state index in [1.54, 1.807) is 19.4 Å². The number of aliphatic hydroxyl groups excluding tert-OH is 1. The van der Waals surface area contributed by atoms with Gasteiger partial charge in [-0.25, -0.2) is 9.97 Å². The molecule has 1 rings (SSSR count). The topological polar surface area (TPSA) is 55.2 Å². The Labute approximate surface area is 84.0 Å². The standard InChI is InChI=1S/C10H16N2O2/c1-8-11-6-5-9(12-8)10(13)4-3-7-14-2/h5-6,10,13H,3-4,7H2,1-2H3. The van der Waals surface area contributed by atoms with Gasteiger partial charge < -0.3 is 9.84 Å². The molecule has 14 heavy (non-hydrogen) atoms. The SMILES string of the molecule is COCCCC(O)c1ccnc(C)n1. The van der Waals surface area contributed by atoms with E-state index in [2.05, 4.69) is 9.97 Å². The molecule has 0 spiro atoms. The van der Waals surface area contributed by atoms with Crippen LogP contribution in [0, 0.1) is 6.92 Å². The molecule has 0 amide bonds. The minimum absolute atomic E-state index is 0.508. The van der Waals surface area contributed by atoms with Crippen LogP contribution in [0.25, 0.3) is 0 Å². The summed E-state index contributed by atoms with van der Waals surface area (Å²) in [6.07, 6.45) is 2.66. The van der Waals surface area contributed by atoms with E-state index in [1.165, 1.54) is 0 Å². The molecule has 0 aromatic carbocycles. The van der Waals surface area contributed by atoms with Gasteiger partial charge in [-0.05, 0) is 25.8 Å². The predicted octanol–water partition coefficient (Wildman–Crippen LogP) is 1.25. The van der Waals surface area contributed by atoms with Gasteiger partial charge in [0.2, 0.25) is 0 Å². The molecule has 4 nitrogen and oxygen atoms in total. The van der Waals surface area contributed by atoms with Gasteiger partial charge in [0.1, 0.15) is 5.82 Å². The largest absolute Gasteiger partial charge is 0.387 e. The van der Waals surface area contributed by atoms with Crippen molar-refractivity contribution >= 4 is 0 Å². The Hall–Kier alpha value is -1.00. The first kappa shape index (κ1) is 11.1. The van der Waals surface area contributed by atoms with E-state index >= 15 is 0 Å². The minimum Gasteiger partial charge on any atom is -0.387 e. The van der Waals surface area contributed by atoms with Crippen molar-refractivity contribution in [3.05, 3.63) is 23.8 Å². The van der Waals surface area contributed by atoms with Crippen molar-refractivity contribution in [3.8, 4) is 0 Å². The highest BCUT2D eigenvalue weighted by atomic mass is 16.5. The van der Waals surface area contributed by atoms with Crippen LogP contribution in [0.5, 0.6) is 0 Å². The summed E-state index contributed by atoms with van der Waals surface area (Å²) in [4.78, 5) is 8.12. The Morgan fingerprint density at radius 2 is 2.36 bits per heavy atom. The number of nitrogens with zero attached hydrogens (tertiary/aromatic N) is 2. The number of aromatic nitrogens is 2. The zero-order valence-corrected chi connectivity index (χ0v) is 8.60. The summed E-state index contributed by atoms with van der Waals surface area (Å²) in [6, 6.07) is 1.74. The van der Waals surface area contributed by atoms with Crippen LogP contribution in [0.15, 0.2) is 12.3 Å². The predicted molar refractivity (Wildman–Crippen MR) is 52.8 cm³/mol. The Kier molecular flexibility index (Phi) is 4.49. The highest BCUT2D eigenvalue weighted by Gasteiger charge is 2.08. The van der Waals surface area contributed by atoms with Crippen molar-refractivity contribution in [1.29, 1.82) is 0 Å². The Bertz CT molecular complexity index is 279. The van der Waals surface area contributed by atoms with E-state index in [4.69, 9.17) is 4.74 Å². The number of hydrogen-bond acceptors (Lipinski definition) is 4. The molecular formula is C10H16N2O2. The maximum Gasteiger partial charge on any atom is 0.125 e. The number of methoxy groups -OCH3 is 1. The van der Waals surface area contributed by atoms with Crippen molar-refractivity contribution in [2.45, 2.75) is 25.9 Å². The summed E-state index contributed by atoms with van der Waals surface area (Å²) < 4.78 is 4.91. The van der Waals surface area contributed by atoms with Crippen molar-refractivity contribution in [3.63, 3.8) is 0 Å². The summed E-state index contributed by atoms with van der Waals surface area (Å²) in [5.41, 5.74) is 0.689. The minimum atomic E-state index is -0.508. The highest BCUT2D eigenvalue weighted by Crippen LogP contribution is 2.15. The molecule has 0 aliphatic heterocycles. The van der Waals surface area contributed by atoms with Gasteiger partial charge >= 0.3 is 0 Å². The van der Waals surface area contributed by atoms with E-state index < -0.39 is 6.10 Å². The molecule has 1 heterocycles. The van der Waals surface area contributed by atoms with Crippen LogP contribution in [0.2, 0.25) is 0 Å². The molecule has 0 aliphatic rings. The molecule has 0 fully saturated rings. The van der Waals surface area contributed by atoms with E-state index in [-0.39, 0.29) is 0 Å². The third kappa shape index (κ3) is 3.40. The van der Waals surface area contributed by atoms with Gasteiger partial charge in [-0.15, -0.1) is 0 Å². The molecule has 0 aliphatic carbocycles. The lowest BCUT2D eigenvalue weighted by Gasteiger charge is -2.09. The lowest BCUT2D eigenvalue weighted by atomic mass is 10.1. The van der Waals surface area contributed by atoms with E-state index in [0.29, 0.717) is 24.5 Å². The summed E-state index contributed by atoms with van der Waals surface area (Å²) in [7, 11) is 1.65. The molecule has 0 saturated heterocycles. The fourth-order valence-electron chi connectivity index (χ4n) is 1.23. The Balaban J connectivity index is 2.47. The van der Waals surface area contributed by atoms with Gasteiger partial charge in [0, 0.05) is 19.9 Å². The maximum absolute atomic E-state index is 9.73. The summed E-state index contributed by atoms with van der Waals surface area (Å²) >= 11 is 0. The fourth-order valence-corrected chi connectivity index (χ4v) is 1.23. The van der Waals surface area contributed by atoms with Gasteiger partial charge in [-0.3, -0.25) is 0 Å². The number of aliphatic hydroxyl groups is 1. The molecule has 0 radical (unpaired) electrons. The first-order valence-corrected chi connectivity index (χ1v) is 4.70. The lowest BCUT2D eigenvalue weighted by Crippen LogP contribution is -2.03. The van der Waals surface area contributed by atoms with Crippen LogP contribution in [0.3, 0.4) is 0 Å². The molecule has 1 aromatic heterocycles. The maximum atomic E-state index is 9.73. The summed E-state index contributed by atoms with van der Waals surface area (Å²) in [6.45, 7) is 2.48. The summed E-state index contributed by atoms with van der Waals surface area (Å²) in [5.74, 6) is 0.688. The molecule has 1 unspecified atom stereocenters. The third-order valence-corrected chi connectivity index (χ3v) is 1.97. The molecule has 0 bridgehead atoms. The molecule has 78 valence electrons. The molecular weight excluding hydrogens is 180 g/mol. The van der Waals surface area contributed by atoms with Crippen LogP contribution < -0.4 is 0 Å². The normalized spacial score (nSPS) is 12.8. The van der Waals surface area contributed by atoms with Crippen molar-refractivity contribution in [2.24, 2.45) is 0 Å². The molecule has 1 N–H and O–H groups in total. The van der Waals surface area contributed by atoms with Gasteiger partial charge in [0.25, 0.3) is 0 Å². The summed E-state index contributed by atoms with van der Waals surface area (Å²) in [5, 5.41) is 9.73. The Morgan fingerprint density at radius 1 is 1.57 bits per heavy atom. The highest BCUT2D eigenvalue weighted by molar-refractivity contribution is 5.04. The van der Waals surface area contributed by atoms with Crippen LogP contribution in [-0.2, 0) is 4.74 Å². The number of hydrogen-bond donors (Lipinski definition) is 1. The van der Waals surface area contributed by atoms with Crippen LogP contribution >= 0.6 is 0 Å². The van der Waals surface area contributed by atoms with E-state index in [1.807, 2.05) is 6.92 Å².